The lowest BCUT2D eigenvalue weighted by Gasteiger charge is -2.05. The first kappa shape index (κ1) is 19.7. The number of alkyl halides is 2. The van der Waals surface area contributed by atoms with Gasteiger partial charge in [0.2, 0.25) is 0 Å². The molecule has 0 aliphatic heterocycles. The third-order valence-electron chi connectivity index (χ3n) is 3.26. The van der Waals surface area contributed by atoms with Gasteiger partial charge in [0, 0.05) is 28.2 Å². The van der Waals surface area contributed by atoms with E-state index in [1.165, 1.54) is 57.8 Å². The average molecular weight is 329 g/mol. The largest absolute Gasteiger partial charge is 0.260 e. The predicted molar refractivity (Wildman–Crippen MR) is 90.1 cm³/mol. The predicted octanol–water partition coefficient (Wildman–Crippen LogP) is 5.50. The molecule has 0 heterocycles. The van der Waals surface area contributed by atoms with E-state index >= 15 is 0 Å². The quantitative estimate of drug-likeness (QED) is 0.304. The summed E-state index contributed by atoms with van der Waals surface area (Å²) in [5.74, 6) is 1.73. The number of halogens is 2. The van der Waals surface area contributed by atoms with E-state index in [0.717, 1.165) is 12.2 Å². The second-order valence-corrected chi connectivity index (χ2v) is 7.79. The van der Waals surface area contributed by atoms with E-state index < -0.39 is 10.8 Å². The van der Waals surface area contributed by atoms with E-state index in [9.17, 15) is 4.21 Å². The Morgan fingerprint density at radius 3 is 1.84 bits per heavy atom. The van der Waals surface area contributed by atoms with Gasteiger partial charge in [0.25, 0.3) is 0 Å². The fourth-order valence-electron chi connectivity index (χ4n) is 2.08. The van der Waals surface area contributed by atoms with Gasteiger partial charge < -0.3 is 0 Å². The molecule has 0 fully saturated rings. The molecule has 0 saturated heterocycles. The SMILES string of the molecule is CCCCCCCCCCCC[S@](=O)C[C@@H](Cl)CCl. The molecule has 1 nitrogen and oxygen atoms in total. The third-order valence-corrected chi connectivity index (χ3v) is 5.80. The van der Waals surface area contributed by atoms with Crippen LogP contribution in [-0.2, 0) is 10.8 Å². The fraction of sp³-hybridized carbons (Fsp3) is 1.00. The van der Waals surface area contributed by atoms with Gasteiger partial charge in [-0.3, -0.25) is 4.21 Å². The van der Waals surface area contributed by atoms with Crippen LogP contribution in [0.4, 0.5) is 0 Å². The Hall–Kier alpha value is 0.730. The minimum atomic E-state index is -0.779. The summed E-state index contributed by atoms with van der Waals surface area (Å²) >= 11 is 11.5. The first-order valence-corrected chi connectivity index (χ1v) is 10.2. The van der Waals surface area contributed by atoms with Crippen molar-refractivity contribution in [1.82, 2.24) is 0 Å². The highest BCUT2D eigenvalue weighted by Crippen LogP contribution is 2.11. The molecule has 0 aromatic heterocycles. The van der Waals surface area contributed by atoms with Gasteiger partial charge in [-0.1, -0.05) is 64.7 Å². The van der Waals surface area contributed by atoms with E-state index in [-0.39, 0.29) is 5.38 Å². The summed E-state index contributed by atoms with van der Waals surface area (Å²) in [5.41, 5.74) is 0. The summed E-state index contributed by atoms with van der Waals surface area (Å²) in [6, 6.07) is 0. The van der Waals surface area contributed by atoms with Gasteiger partial charge in [0.15, 0.2) is 0 Å². The van der Waals surface area contributed by atoms with Crippen LogP contribution in [-0.4, -0.2) is 27.0 Å². The lowest BCUT2D eigenvalue weighted by molar-refractivity contribution is 0.562. The zero-order valence-electron chi connectivity index (χ0n) is 12.3. The molecule has 0 aromatic carbocycles. The molecule has 0 unspecified atom stereocenters. The summed E-state index contributed by atoms with van der Waals surface area (Å²) < 4.78 is 11.6. The molecule has 0 N–H and O–H groups in total. The van der Waals surface area contributed by atoms with Crippen LogP contribution < -0.4 is 0 Å². The van der Waals surface area contributed by atoms with Crippen molar-refractivity contribution in [3.63, 3.8) is 0 Å². The summed E-state index contributed by atoms with van der Waals surface area (Å²) in [6.07, 6.45) is 13.1. The van der Waals surface area contributed by atoms with Crippen LogP contribution in [0.2, 0.25) is 0 Å². The Kier molecular flexibility index (Phi) is 15.7. The van der Waals surface area contributed by atoms with Crippen LogP contribution in [0.15, 0.2) is 0 Å². The Morgan fingerprint density at radius 2 is 1.37 bits per heavy atom. The smallest absolute Gasteiger partial charge is 0.0586 e. The molecule has 0 amide bonds. The Labute approximate surface area is 132 Å². The number of hydrogen-bond acceptors (Lipinski definition) is 1. The molecule has 0 bridgehead atoms. The van der Waals surface area contributed by atoms with Crippen molar-refractivity contribution in [3.8, 4) is 0 Å². The third kappa shape index (κ3) is 14.9. The fourth-order valence-corrected chi connectivity index (χ4v) is 3.95. The van der Waals surface area contributed by atoms with Gasteiger partial charge >= 0.3 is 0 Å². The molecule has 0 aliphatic rings. The van der Waals surface area contributed by atoms with Crippen molar-refractivity contribution in [2.45, 2.75) is 76.5 Å². The highest BCUT2D eigenvalue weighted by atomic mass is 35.5. The molecule has 0 spiro atoms. The normalized spacial score (nSPS) is 14.5. The van der Waals surface area contributed by atoms with Crippen molar-refractivity contribution < 1.29 is 4.21 Å². The van der Waals surface area contributed by atoms with E-state index in [0.29, 0.717) is 11.6 Å². The maximum absolute atomic E-state index is 11.6. The summed E-state index contributed by atoms with van der Waals surface area (Å²) in [6.45, 7) is 2.25. The first-order chi connectivity index (χ1) is 9.20. The molecule has 116 valence electrons. The molecular weight excluding hydrogens is 299 g/mol. The number of unbranched alkanes of at least 4 members (excludes halogenated alkanes) is 9. The maximum atomic E-state index is 11.6. The Bertz CT molecular complexity index is 212. The lowest BCUT2D eigenvalue weighted by atomic mass is 10.1. The monoisotopic (exact) mass is 328 g/mol. The van der Waals surface area contributed by atoms with Crippen LogP contribution in [0, 0.1) is 0 Å². The topological polar surface area (TPSA) is 17.1 Å². The van der Waals surface area contributed by atoms with Gasteiger partial charge in [0.05, 0.1) is 5.38 Å². The van der Waals surface area contributed by atoms with Crippen LogP contribution >= 0.6 is 23.2 Å². The van der Waals surface area contributed by atoms with E-state index in [2.05, 4.69) is 6.92 Å². The highest BCUT2D eigenvalue weighted by molar-refractivity contribution is 7.85. The molecule has 2 atom stereocenters. The standard InChI is InChI=1S/C15H30Cl2OS/c1-2-3-4-5-6-7-8-9-10-11-12-19(18)14-15(17)13-16/h15H,2-14H2,1H3/t15-,19-/m0/s1. The van der Waals surface area contributed by atoms with Gasteiger partial charge in [-0.15, -0.1) is 23.2 Å². The molecule has 0 rings (SSSR count). The molecule has 0 aromatic rings. The number of rotatable bonds is 14. The van der Waals surface area contributed by atoms with Gasteiger partial charge in [-0.2, -0.15) is 0 Å². The van der Waals surface area contributed by atoms with E-state index in [1.807, 2.05) is 0 Å². The van der Waals surface area contributed by atoms with Crippen molar-refractivity contribution in [2.75, 3.05) is 17.4 Å². The molecule has 4 heteroatoms. The van der Waals surface area contributed by atoms with Crippen LogP contribution in [0.25, 0.3) is 0 Å². The molecular formula is C15H30Cl2OS. The van der Waals surface area contributed by atoms with Gasteiger partial charge in [0.1, 0.15) is 0 Å². The van der Waals surface area contributed by atoms with Crippen molar-refractivity contribution in [2.24, 2.45) is 0 Å². The lowest BCUT2D eigenvalue weighted by Crippen LogP contribution is -2.14. The van der Waals surface area contributed by atoms with Crippen LogP contribution in [0.3, 0.4) is 0 Å². The molecule has 0 saturated carbocycles. The second-order valence-electron chi connectivity index (χ2n) is 5.24. The second kappa shape index (κ2) is 15.1. The van der Waals surface area contributed by atoms with E-state index in [1.54, 1.807) is 0 Å². The minimum Gasteiger partial charge on any atom is -0.260 e. The minimum absolute atomic E-state index is 0.134. The zero-order valence-corrected chi connectivity index (χ0v) is 14.7. The summed E-state index contributed by atoms with van der Waals surface area (Å²) in [4.78, 5) is 0. The zero-order chi connectivity index (χ0) is 14.3. The van der Waals surface area contributed by atoms with Crippen molar-refractivity contribution >= 4 is 34.0 Å². The van der Waals surface area contributed by atoms with E-state index in [4.69, 9.17) is 23.2 Å². The van der Waals surface area contributed by atoms with Crippen molar-refractivity contribution in [1.29, 1.82) is 0 Å². The van der Waals surface area contributed by atoms with Gasteiger partial charge in [-0.05, 0) is 6.42 Å². The van der Waals surface area contributed by atoms with Crippen LogP contribution in [0.1, 0.15) is 71.1 Å². The molecule has 0 aliphatic carbocycles. The maximum Gasteiger partial charge on any atom is 0.0586 e. The Morgan fingerprint density at radius 1 is 0.895 bits per heavy atom. The Balaban J connectivity index is 3.16. The highest BCUT2D eigenvalue weighted by Gasteiger charge is 2.07. The summed E-state index contributed by atoms with van der Waals surface area (Å²) in [7, 11) is -0.779. The van der Waals surface area contributed by atoms with Crippen molar-refractivity contribution in [3.05, 3.63) is 0 Å². The van der Waals surface area contributed by atoms with Gasteiger partial charge in [-0.25, -0.2) is 0 Å². The molecule has 0 radical (unpaired) electrons. The van der Waals surface area contributed by atoms with Crippen LogP contribution in [0.5, 0.6) is 0 Å². The summed E-state index contributed by atoms with van der Waals surface area (Å²) in [5, 5.41) is -0.134. The number of hydrogen-bond donors (Lipinski definition) is 0. The first-order valence-electron chi connectivity index (χ1n) is 7.75. The molecule has 19 heavy (non-hydrogen) atoms. The average Bonchev–Trinajstić information content (AvgIpc) is 2.40.